The first-order valence-corrected chi connectivity index (χ1v) is 7.81. The highest BCUT2D eigenvalue weighted by Crippen LogP contribution is 2.37. The van der Waals surface area contributed by atoms with Crippen LogP contribution in [0.25, 0.3) is 0 Å². The van der Waals surface area contributed by atoms with Gasteiger partial charge in [-0.2, -0.15) is 0 Å². The Hall–Kier alpha value is -1.36. The Morgan fingerprint density at radius 2 is 2.15 bits per heavy atom. The lowest BCUT2D eigenvalue weighted by atomic mass is 9.91. The fraction of sp³-hybridized carbons (Fsp3) is 0.533. The summed E-state index contributed by atoms with van der Waals surface area (Å²) < 4.78 is 0. The number of thioether (sulfide) groups is 1. The first-order chi connectivity index (χ1) is 9.47. The molecule has 0 radical (unpaired) electrons. The van der Waals surface area contributed by atoms with E-state index in [9.17, 15) is 14.9 Å². The van der Waals surface area contributed by atoms with Gasteiger partial charge >= 0.3 is 0 Å². The lowest BCUT2D eigenvalue weighted by molar-refractivity contribution is -0.385. The van der Waals surface area contributed by atoms with E-state index < -0.39 is 4.92 Å². The molecule has 0 aliphatic heterocycles. The number of nitro groups is 1. The highest BCUT2D eigenvalue weighted by Gasteiger charge is 2.22. The van der Waals surface area contributed by atoms with Crippen LogP contribution in [-0.4, -0.2) is 16.0 Å². The van der Waals surface area contributed by atoms with Crippen LogP contribution in [0.5, 0.6) is 0 Å². The van der Waals surface area contributed by atoms with Crippen molar-refractivity contribution in [1.82, 2.24) is 0 Å². The minimum Gasteiger partial charge on any atom is -0.294 e. The third-order valence-corrected chi connectivity index (χ3v) is 5.02. The van der Waals surface area contributed by atoms with E-state index >= 15 is 0 Å². The van der Waals surface area contributed by atoms with Crippen molar-refractivity contribution in [2.45, 2.75) is 49.7 Å². The number of hydrogen-bond acceptors (Lipinski definition) is 4. The number of benzene rings is 1. The summed E-state index contributed by atoms with van der Waals surface area (Å²) in [5.41, 5.74) is 0.114. The second kappa shape index (κ2) is 6.39. The van der Waals surface area contributed by atoms with Gasteiger partial charge in [-0.25, -0.2) is 0 Å². The maximum Gasteiger partial charge on any atom is 0.280 e. The lowest BCUT2D eigenvalue weighted by Crippen LogP contribution is -2.14. The predicted molar refractivity (Wildman–Crippen MR) is 80.4 cm³/mol. The Kier molecular flexibility index (Phi) is 4.81. The van der Waals surface area contributed by atoms with Gasteiger partial charge < -0.3 is 0 Å². The molecule has 1 saturated carbocycles. The molecule has 0 bridgehead atoms. The minimum absolute atomic E-state index is 0.0983. The zero-order chi connectivity index (χ0) is 14.7. The van der Waals surface area contributed by atoms with Crippen molar-refractivity contribution in [3.63, 3.8) is 0 Å². The van der Waals surface area contributed by atoms with Crippen LogP contribution in [0.2, 0.25) is 0 Å². The Bertz CT molecular complexity index is 530. The normalized spacial score (nSPS) is 22.5. The number of rotatable bonds is 4. The number of carbonyl (C=O) groups excluding carboxylic acids is 1. The van der Waals surface area contributed by atoms with E-state index in [1.165, 1.54) is 38.7 Å². The largest absolute Gasteiger partial charge is 0.294 e. The molecule has 4 nitrogen and oxygen atoms in total. The fourth-order valence-electron chi connectivity index (χ4n) is 2.71. The van der Waals surface area contributed by atoms with Gasteiger partial charge in [-0.1, -0.05) is 19.8 Å². The van der Waals surface area contributed by atoms with Gasteiger partial charge in [-0.05, 0) is 37.8 Å². The molecule has 2 atom stereocenters. The fourth-order valence-corrected chi connectivity index (χ4v) is 4.13. The Morgan fingerprint density at radius 3 is 2.75 bits per heavy atom. The highest BCUT2D eigenvalue weighted by molar-refractivity contribution is 8.00. The smallest absolute Gasteiger partial charge is 0.280 e. The molecule has 5 heteroatoms. The van der Waals surface area contributed by atoms with E-state index in [4.69, 9.17) is 0 Å². The standard InChI is InChI=1S/C15H19NO3S/c1-10-4-3-5-12(8-10)20-13-6-7-15(16(18)19)14(9-13)11(2)17/h6-7,9-10,12H,3-5,8H2,1-2H3. The average Bonchev–Trinajstić information content (AvgIpc) is 2.38. The molecule has 1 fully saturated rings. The molecule has 0 spiro atoms. The number of nitrogens with zero attached hydrogens (tertiary/aromatic N) is 1. The molecular formula is C15H19NO3S. The molecule has 1 aromatic carbocycles. The van der Waals surface area contributed by atoms with Crippen LogP contribution in [0.1, 0.15) is 49.9 Å². The zero-order valence-electron chi connectivity index (χ0n) is 11.8. The Balaban J connectivity index is 2.18. The molecule has 0 N–H and O–H groups in total. The summed E-state index contributed by atoms with van der Waals surface area (Å²) in [6, 6.07) is 4.88. The summed E-state index contributed by atoms with van der Waals surface area (Å²) in [6.45, 7) is 3.64. The van der Waals surface area contributed by atoms with Gasteiger partial charge in [-0.3, -0.25) is 14.9 Å². The molecule has 1 aliphatic carbocycles. The van der Waals surface area contributed by atoms with Crippen molar-refractivity contribution in [3.8, 4) is 0 Å². The number of nitro benzene ring substituents is 1. The van der Waals surface area contributed by atoms with Gasteiger partial charge in [0.15, 0.2) is 5.78 Å². The summed E-state index contributed by atoms with van der Waals surface area (Å²) in [5.74, 6) is 0.489. The van der Waals surface area contributed by atoms with Crippen molar-refractivity contribution in [2.24, 2.45) is 5.92 Å². The quantitative estimate of drug-likeness (QED) is 0.467. The topological polar surface area (TPSA) is 60.2 Å². The van der Waals surface area contributed by atoms with Crippen LogP contribution in [0.15, 0.2) is 23.1 Å². The van der Waals surface area contributed by atoms with Crippen LogP contribution in [0, 0.1) is 16.0 Å². The minimum atomic E-state index is -0.492. The number of hydrogen-bond donors (Lipinski definition) is 0. The summed E-state index contributed by atoms with van der Waals surface area (Å²) in [7, 11) is 0. The molecule has 108 valence electrons. The van der Waals surface area contributed by atoms with Gasteiger partial charge in [0.1, 0.15) is 0 Å². The van der Waals surface area contributed by atoms with E-state index in [0.29, 0.717) is 5.25 Å². The molecular weight excluding hydrogens is 274 g/mol. The molecule has 1 aromatic rings. The first-order valence-electron chi connectivity index (χ1n) is 6.93. The summed E-state index contributed by atoms with van der Waals surface area (Å²) in [6.07, 6.45) is 4.89. The maximum absolute atomic E-state index is 11.6. The summed E-state index contributed by atoms with van der Waals surface area (Å²) >= 11 is 1.75. The molecule has 0 amide bonds. The van der Waals surface area contributed by atoms with Gasteiger partial charge in [0.05, 0.1) is 10.5 Å². The van der Waals surface area contributed by atoms with Crippen molar-refractivity contribution in [2.75, 3.05) is 0 Å². The van der Waals surface area contributed by atoms with E-state index in [2.05, 4.69) is 6.92 Å². The van der Waals surface area contributed by atoms with Gasteiger partial charge in [0.25, 0.3) is 5.69 Å². The Morgan fingerprint density at radius 1 is 1.40 bits per heavy atom. The van der Waals surface area contributed by atoms with Crippen LogP contribution < -0.4 is 0 Å². The maximum atomic E-state index is 11.6. The predicted octanol–water partition coefficient (Wildman–Crippen LogP) is 4.47. The molecule has 0 saturated heterocycles. The van der Waals surface area contributed by atoms with Crippen LogP contribution in [-0.2, 0) is 0 Å². The van der Waals surface area contributed by atoms with E-state index in [0.717, 1.165) is 10.8 Å². The molecule has 0 heterocycles. The molecule has 20 heavy (non-hydrogen) atoms. The van der Waals surface area contributed by atoms with Gasteiger partial charge in [0, 0.05) is 16.2 Å². The lowest BCUT2D eigenvalue weighted by Gasteiger charge is -2.26. The number of ketones is 1. The Labute approximate surface area is 123 Å². The third kappa shape index (κ3) is 3.60. The van der Waals surface area contributed by atoms with E-state index in [1.807, 2.05) is 0 Å². The van der Waals surface area contributed by atoms with Crippen LogP contribution in [0.4, 0.5) is 5.69 Å². The average molecular weight is 293 g/mol. The number of Topliss-reactive ketones (excluding diaryl/α,β-unsaturated/α-hetero) is 1. The second-order valence-electron chi connectivity index (χ2n) is 5.50. The molecule has 2 unspecified atom stereocenters. The molecule has 2 rings (SSSR count). The van der Waals surface area contributed by atoms with E-state index in [1.54, 1.807) is 23.9 Å². The van der Waals surface area contributed by atoms with Gasteiger partial charge in [-0.15, -0.1) is 11.8 Å². The highest BCUT2D eigenvalue weighted by atomic mass is 32.2. The summed E-state index contributed by atoms with van der Waals surface area (Å²) in [5, 5.41) is 11.5. The number of carbonyl (C=O) groups is 1. The van der Waals surface area contributed by atoms with Crippen molar-refractivity contribution >= 4 is 23.2 Å². The zero-order valence-corrected chi connectivity index (χ0v) is 12.6. The van der Waals surface area contributed by atoms with Crippen molar-refractivity contribution in [1.29, 1.82) is 0 Å². The monoisotopic (exact) mass is 293 g/mol. The third-order valence-electron chi connectivity index (χ3n) is 3.74. The molecule has 0 aromatic heterocycles. The van der Waals surface area contributed by atoms with Crippen molar-refractivity contribution < 1.29 is 9.72 Å². The SMILES string of the molecule is CC(=O)c1cc(SC2CCCC(C)C2)ccc1[N+](=O)[O-]. The van der Waals surface area contributed by atoms with Crippen molar-refractivity contribution in [3.05, 3.63) is 33.9 Å². The molecule has 1 aliphatic rings. The second-order valence-corrected chi connectivity index (χ2v) is 6.88. The summed E-state index contributed by atoms with van der Waals surface area (Å²) in [4.78, 5) is 22.9. The van der Waals surface area contributed by atoms with Crippen LogP contribution in [0.3, 0.4) is 0 Å². The van der Waals surface area contributed by atoms with E-state index in [-0.39, 0.29) is 17.0 Å². The van der Waals surface area contributed by atoms with Crippen LogP contribution >= 0.6 is 11.8 Å². The van der Waals surface area contributed by atoms with Gasteiger partial charge in [0.2, 0.25) is 0 Å². The first kappa shape index (κ1) is 15.0.